The minimum absolute atomic E-state index is 0.0622. The molecule has 7 nitrogen and oxygen atoms in total. The summed E-state index contributed by atoms with van der Waals surface area (Å²) in [6, 6.07) is 11.8. The van der Waals surface area contributed by atoms with Gasteiger partial charge in [0.05, 0.1) is 23.9 Å². The van der Waals surface area contributed by atoms with Crippen LogP contribution in [0.2, 0.25) is 5.02 Å². The van der Waals surface area contributed by atoms with Crippen LogP contribution in [0.4, 0.5) is 23.4 Å². The Morgan fingerprint density at radius 1 is 1.24 bits per heavy atom. The highest BCUT2D eigenvalue weighted by molar-refractivity contribution is 6.31. The van der Waals surface area contributed by atoms with Crippen molar-refractivity contribution in [1.29, 1.82) is 0 Å². The summed E-state index contributed by atoms with van der Waals surface area (Å²) < 4.78 is 61.0. The predicted octanol–water partition coefficient (Wildman–Crippen LogP) is 4.67. The van der Waals surface area contributed by atoms with Gasteiger partial charge >= 0.3 is 5.92 Å². The van der Waals surface area contributed by atoms with Gasteiger partial charge in [-0.25, -0.2) is 13.5 Å². The zero-order valence-electron chi connectivity index (χ0n) is 19.4. The van der Waals surface area contributed by atoms with E-state index in [1.54, 1.807) is 18.2 Å². The summed E-state index contributed by atoms with van der Waals surface area (Å²) in [5, 5.41) is 9.98. The number of benzene rings is 2. The number of carbonyl (C=O) groups excluding carboxylic acids is 2. The van der Waals surface area contributed by atoms with E-state index in [4.69, 9.17) is 16.3 Å². The molecule has 12 heteroatoms. The van der Waals surface area contributed by atoms with Gasteiger partial charge in [0.15, 0.2) is 11.4 Å². The average molecular weight is 537 g/mol. The van der Waals surface area contributed by atoms with Crippen LogP contribution in [0.1, 0.15) is 18.9 Å². The van der Waals surface area contributed by atoms with Crippen LogP contribution in [0.3, 0.4) is 0 Å². The predicted molar refractivity (Wildman–Crippen MR) is 127 cm³/mol. The molecule has 0 radical (unpaired) electrons. The van der Waals surface area contributed by atoms with E-state index < -0.39 is 35.3 Å². The number of hydrogen-bond acceptors (Lipinski definition) is 4. The second-order valence-corrected chi connectivity index (χ2v) is 9.66. The SMILES string of the molecule is CC1(OCc2cc(Cl)cc(-c3cc(NC(=O)[C@@H]4CNC(=O)C4)nn3-c3ccc(F)cc3)c2)C(F)C1(F)F. The maximum absolute atomic E-state index is 13.6. The molecule has 5 rings (SSSR count). The lowest BCUT2D eigenvalue weighted by Crippen LogP contribution is -2.24. The molecule has 2 fully saturated rings. The van der Waals surface area contributed by atoms with Gasteiger partial charge in [0.1, 0.15) is 5.82 Å². The van der Waals surface area contributed by atoms with Crippen molar-refractivity contribution in [1.82, 2.24) is 15.1 Å². The van der Waals surface area contributed by atoms with E-state index in [-0.39, 0.29) is 36.3 Å². The zero-order chi connectivity index (χ0) is 26.5. The number of aromatic nitrogens is 2. The summed E-state index contributed by atoms with van der Waals surface area (Å²) in [7, 11) is 0. The number of ether oxygens (including phenoxy) is 1. The lowest BCUT2D eigenvalue weighted by Gasteiger charge is -2.13. The van der Waals surface area contributed by atoms with Crippen LogP contribution in [-0.4, -0.2) is 45.8 Å². The Morgan fingerprint density at radius 2 is 1.95 bits per heavy atom. The van der Waals surface area contributed by atoms with Crippen molar-refractivity contribution in [2.45, 2.75) is 37.6 Å². The van der Waals surface area contributed by atoms with Crippen LogP contribution in [0.25, 0.3) is 16.9 Å². The second-order valence-electron chi connectivity index (χ2n) is 9.23. The molecule has 1 aromatic heterocycles. The van der Waals surface area contributed by atoms with Crippen LogP contribution in [-0.2, 0) is 20.9 Å². The first-order valence-corrected chi connectivity index (χ1v) is 11.7. The van der Waals surface area contributed by atoms with Crippen LogP contribution in [0.5, 0.6) is 0 Å². The van der Waals surface area contributed by atoms with Crippen molar-refractivity contribution in [2.24, 2.45) is 5.92 Å². The molecule has 2 N–H and O–H groups in total. The second kappa shape index (κ2) is 9.14. The molecule has 1 aliphatic carbocycles. The average Bonchev–Trinajstić information content (AvgIpc) is 3.32. The Balaban J connectivity index is 1.46. The Kier molecular flexibility index (Phi) is 6.23. The van der Waals surface area contributed by atoms with Crippen molar-refractivity contribution in [3.63, 3.8) is 0 Å². The number of halogens is 5. The third-order valence-corrected chi connectivity index (χ3v) is 6.77. The van der Waals surface area contributed by atoms with Crippen molar-refractivity contribution < 1.29 is 31.9 Å². The lowest BCUT2D eigenvalue weighted by molar-refractivity contribution is -0.123. The fraction of sp³-hybridized carbons (Fsp3) is 0.320. The van der Waals surface area contributed by atoms with Gasteiger partial charge in [-0.3, -0.25) is 9.59 Å². The van der Waals surface area contributed by atoms with E-state index in [1.807, 2.05) is 0 Å². The number of amides is 2. The molecule has 0 bridgehead atoms. The third-order valence-electron chi connectivity index (χ3n) is 6.55. The highest BCUT2D eigenvalue weighted by Crippen LogP contribution is 2.57. The number of nitrogens with one attached hydrogen (secondary N) is 2. The summed E-state index contributed by atoms with van der Waals surface area (Å²) >= 11 is 6.29. The Bertz CT molecular complexity index is 1380. The fourth-order valence-corrected chi connectivity index (χ4v) is 4.45. The highest BCUT2D eigenvalue weighted by atomic mass is 35.5. The molecule has 2 aliphatic rings. The summed E-state index contributed by atoms with van der Waals surface area (Å²) in [6.07, 6.45) is -2.33. The monoisotopic (exact) mass is 536 g/mol. The first-order valence-electron chi connectivity index (χ1n) is 11.4. The number of rotatable bonds is 7. The number of nitrogens with zero attached hydrogens (tertiary/aromatic N) is 2. The van der Waals surface area contributed by atoms with E-state index in [0.717, 1.165) is 6.92 Å². The minimum atomic E-state index is -3.57. The van der Waals surface area contributed by atoms with Gasteiger partial charge < -0.3 is 15.4 Å². The molecule has 1 aliphatic heterocycles. The van der Waals surface area contributed by atoms with Gasteiger partial charge in [-0.2, -0.15) is 8.78 Å². The molecule has 2 aromatic carbocycles. The number of hydrogen-bond donors (Lipinski definition) is 2. The van der Waals surface area contributed by atoms with Gasteiger partial charge in [-0.05, 0) is 55.0 Å². The summed E-state index contributed by atoms with van der Waals surface area (Å²) in [5.41, 5.74) is -0.396. The van der Waals surface area contributed by atoms with Crippen LogP contribution < -0.4 is 10.6 Å². The summed E-state index contributed by atoms with van der Waals surface area (Å²) in [5.74, 6) is -5.02. The largest absolute Gasteiger partial charge is 0.361 e. The topological polar surface area (TPSA) is 85.2 Å². The first-order chi connectivity index (χ1) is 17.5. The maximum atomic E-state index is 13.6. The minimum Gasteiger partial charge on any atom is -0.361 e. The normalized spacial score (nSPS) is 24.1. The number of alkyl halides is 3. The molecule has 1 saturated heterocycles. The van der Waals surface area contributed by atoms with Crippen molar-refractivity contribution in [3.05, 3.63) is 64.9 Å². The molecule has 0 spiro atoms. The Morgan fingerprint density at radius 3 is 2.57 bits per heavy atom. The molecule has 194 valence electrons. The van der Waals surface area contributed by atoms with Gasteiger partial charge in [-0.1, -0.05) is 11.6 Å². The van der Waals surface area contributed by atoms with Crippen LogP contribution in [0.15, 0.2) is 48.5 Å². The molecule has 2 unspecified atom stereocenters. The first kappa shape index (κ1) is 25.2. The molecular weight excluding hydrogens is 516 g/mol. The Labute approximate surface area is 213 Å². The highest BCUT2D eigenvalue weighted by Gasteiger charge is 2.81. The number of carbonyl (C=O) groups is 2. The van der Waals surface area contributed by atoms with Crippen molar-refractivity contribution in [2.75, 3.05) is 11.9 Å². The van der Waals surface area contributed by atoms with E-state index >= 15 is 0 Å². The van der Waals surface area contributed by atoms with Crippen LogP contribution >= 0.6 is 11.6 Å². The molecule has 2 amide bonds. The smallest absolute Gasteiger partial charge is 0.312 e. The summed E-state index contributed by atoms with van der Waals surface area (Å²) in [4.78, 5) is 24.1. The fourth-order valence-electron chi connectivity index (χ4n) is 4.19. The zero-order valence-corrected chi connectivity index (χ0v) is 20.2. The van der Waals surface area contributed by atoms with Gasteiger partial charge in [0.2, 0.25) is 18.0 Å². The van der Waals surface area contributed by atoms with E-state index in [1.165, 1.54) is 35.0 Å². The lowest BCUT2D eigenvalue weighted by atomic mass is 10.1. The van der Waals surface area contributed by atoms with E-state index in [2.05, 4.69) is 15.7 Å². The Hall–Kier alpha value is -3.44. The molecular formula is C25H21ClF4N4O3. The van der Waals surface area contributed by atoms with Crippen molar-refractivity contribution in [3.8, 4) is 16.9 Å². The molecule has 3 atom stereocenters. The quantitative estimate of drug-likeness (QED) is 0.430. The van der Waals surface area contributed by atoms with Gasteiger partial charge in [0, 0.05) is 29.6 Å². The molecule has 2 heterocycles. The van der Waals surface area contributed by atoms with E-state index in [0.29, 0.717) is 22.5 Å². The van der Waals surface area contributed by atoms with Crippen molar-refractivity contribution >= 4 is 29.2 Å². The number of anilines is 1. The standard InChI is InChI=1S/C25H21ClF4N4O3/c1-24(23(28)25(24,29)30)37-12-13-6-14(8-16(26)7-13)19-10-20(32-22(36)15-9-21(35)31-11-15)33-34(19)18-4-2-17(27)3-5-18/h2-8,10,15,23H,9,11-12H2,1H3,(H,31,35)(H,32,33,36)/t15-,23?,24?/m0/s1. The maximum Gasteiger partial charge on any atom is 0.312 e. The van der Waals surface area contributed by atoms with Gasteiger partial charge in [0.25, 0.3) is 0 Å². The third kappa shape index (κ3) is 4.69. The summed E-state index contributed by atoms with van der Waals surface area (Å²) in [6.45, 7) is 0.901. The molecule has 1 saturated carbocycles. The van der Waals surface area contributed by atoms with Crippen LogP contribution in [0, 0.1) is 11.7 Å². The molecule has 37 heavy (non-hydrogen) atoms. The van der Waals surface area contributed by atoms with E-state index in [9.17, 15) is 27.2 Å². The molecule has 3 aromatic rings. The van der Waals surface area contributed by atoms with Gasteiger partial charge in [-0.15, -0.1) is 5.10 Å².